The second-order valence-corrected chi connectivity index (χ2v) is 3.04. The van der Waals surface area contributed by atoms with Gasteiger partial charge in [-0.1, -0.05) is 0 Å². The minimum atomic E-state index is -1.45. The average molecular weight is 235 g/mol. The van der Waals surface area contributed by atoms with Crippen molar-refractivity contribution in [2.24, 2.45) is 0 Å². The van der Waals surface area contributed by atoms with Crippen LogP contribution in [0.25, 0.3) is 0 Å². The minimum Gasteiger partial charge on any atom is -0.479 e. The van der Waals surface area contributed by atoms with Gasteiger partial charge in [0.15, 0.2) is 6.10 Å². The molecular weight excluding hydrogens is 218 g/mol. The van der Waals surface area contributed by atoms with Crippen molar-refractivity contribution in [2.75, 3.05) is 33.5 Å². The summed E-state index contributed by atoms with van der Waals surface area (Å²) < 4.78 is 9.63. The lowest BCUT2D eigenvalue weighted by atomic mass is 10.2. The topological polar surface area (TPSA) is 105 Å². The molecule has 0 aliphatic heterocycles. The van der Waals surface area contributed by atoms with Gasteiger partial charge in [0.05, 0.1) is 13.2 Å². The maximum absolute atomic E-state index is 11.1. The second kappa shape index (κ2) is 9.08. The molecule has 1 atom stereocenters. The molecule has 0 heterocycles. The number of carboxylic acids is 1. The number of hydrogen-bond donors (Lipinski definition) is 3. The van der Waals surface area contributed by atoms with Crippen LogP contribution >= 0.6 is 0 Å². The molecule has 1 unspecified atom stereocenters. The van der Waals surface area contributed by atoms with E-state index in [1.54, 1.807) is 0 Å². The SMILES string of the molecule is COCCOCC(=O)NCCC(O)C(=O)O. The number of methoxy groups -OCH3 is 1. The van der Waals surface area contributed by atoms with Crippen LogP contribution in [0.1, 0.15) is 6.42 Å². The van der Waals surface area contributed by atoms with E-state index in [1.807, 2.05) is 0 Å². The molecule has 1 amide bonds. The van der Waals surface area contributed by atoms with Crippen molar-refractivity contribution < 1.29 is 29.3 Å². The summed E-state index contributed by atoms with van der Waals surface area (Å²) in [6, 6.07) is 0. The highest BCUT2D eigenvalue weighted by Crippen LogP contribution is 1.89. The number of ether oxygens (including phenoxy) is 2. The van der Waals surface area contributed by atoms with Gasteiger partial charge in [-0.25, -0.2) is 4.79 Å². The van der Waals surface area contributed by atoms with E-state index in [2.05, 4.69) is 5.32 Å². The van der Waals surface area contributed by atoms with Gasteiger partial charge in [0.25, 0.3) is 0 Å². The van der Waals surface area contributed by atoms with E-state index in [9.17, 15) is 9.59 Å². The maximum Gasteiger partial charge on any atom is 0.332 e. The molecule has 0 radical (unpaired) electrons. The molecule has 0 aliphatic rings. The van der Waals surface area contributed by atoms with Crippen LogP contribution in [0.3, 0.4) is 0 Å². The Labute approximate surface area is 93.3 Å². The Bertz CT molecular complexity index is 220. The van der Waals surface area contributed by atoms with Crippen LogP contribution in [0.2, 0.25) is 0 Å². The minimum absolute atomic E-state index is 0.0286. The van der Waals surface area contributed by atoms with Crippen LogP contribution in [-0.4, -0.2) is 61.7 Å². The monoisotopic (exact) mass is 235 g/mol. The molecule has 0 aromatic heterocycles. The van der Waals surface area contributed by atoms with E-state index >= 15 is 0 Å². The fourth-order valence-electron chi connectivity index (χ4n) is 0.830. The Morgan fingerprint density at radius 2 is 2.06 bits per heavy atom. The first kappa shape index (κ1) is 14.8. The summed E-state index contributed by atoms with van der Waals surface area (Å²) in [6.45, 7) is 0.721. The van der Waals surface area contributed by atoms with Crippen molar-refractivity contribution in [3.63, 3.8) is 0 Å². The van der Waals surface area contributed by atoms with Crippen molar-refractivity contribution in [1.82, 2.24) is 5.32 Å². The maximum atomic E-state index is 11.1. The highest BCUT2D eigenvalue weighted by Gasteiger charge is 2.12. The summed E-state index contributed by atoms with van der Waals surface area (Å²) in [5.74, 6) is -1.65. The van der Waals surface area contributed by atoms with E-state index in [-0.39, 0.29) is 25.5 Å². The lowest BCUT2D eigenvalue weighted by molar-refractivity contribution is -0.147. The van der Waals surface area contributed by atoms with Crippen LogP contribution in [-0.2, 0) is 19.1 Å². The number of nitrogens with one attached hydrogen (secondary N) is 1. The van der Waals surface area contributed by atoms with Gasteiger partial charge in [-0.15, -0.1) is 0 Å². The van der Waals surface area contributed by atoms with E-state index in [4.69, 9.17) is 19.7 Å². The Balaban J connectivity index is 3.40. The third kappa shape index (κ3) is 8.16. The van der Waals surface area contributed by atoms with Gasteiger partial charge in [0.2, 0.25) is 5.91 Å². The Kier molecular flexibility index (Phi) is 8.41. The number of aliphatic hydroxyl groups excluding tert-OH is 1. The van der Waals surface area contributed by atoms with Crippen LogP contribution in [0.5, 0.6) is 0 Å². The van der Waals surface area contributed by atoms with E-state index in [0.717, 1.165) is 0 Å². The molecule has 0 bridgehead atoms. The second-order valence-electron chi connectivity index (χ2n) is 3.04. The molecule has 0 aromatic rings. The van der Waals surface area contributed by atoms with Crippen molar-refractivity contribution in [3.8, 4) is 0 Å². The van der Waals surface area contributed by atoms with Gasteiger partial charge in [-0.2, -0.15) is 0 Å². The van der Waals surface area contributed by atoms with Crippen molar-refractivity contribution in [3.05, 3.63) is 0 Å². The van der Waals surface area contributed by atoms with Gasteiger partial charge in [0, 0.05) is 20.1 Å². The Morgan fingerprint density at radius 1 is 1.38 bits per heavy atom. The van der Waals surface area contributed by atoms with E-state index < -0.39 is 12.1 Å². The fourth-order valence-corrected chi connectivity index (χ4v) is 0.830. The normalized spacial score (nSPS) is 12.1. The van der Waals surface area contributed by atoms with Gasteiger partial charge >= 0.3 is 5.97 Å². The summed E-state index contributed by atoms with van der Waals surface area (Å²) in [6.07, 6.45) is -1.48. The smallest absolute Gasteiger partial charge is 0.332 e. The first-order valence-electron chi connectivity index (χ1n) is 4.82. The number of aliphatic carboxylic acids is 1. The summed E-state index contributed by atoms with van der Waals surface area (Å²) in [4.78, 5) is 21.3. The zero-order chi connectivity index (χ0) is 12.4. The van der Waals surface area contributed by atoms with Gasteiger partial charge in [0.1, 0.15) is 6.61 Å². The first-order chi connectivity index (χ1) is 7.57. The number of carbonyl (C=O) groups excluding carboxylic acids is 1. The van der Waals surface area contributed by atoms with E-state index in [0.29, 0.717) is 13.2 Å². The lowest BCUT2D eigenvalue weighted by Crippen LogP contribution is -2.32. The number of amides is 1. The largest absolute Gasteiger partial charge is 0.479 e. The van der Waals surface area contributed by atoms with Crippen LogP contribution in [0.4, 0.5) is 0 Å². The van der Waals surface area contributed by atoms with Gasteiger partial charge < -0.3 is 25.0 Å². The summed E-state index contributed by atoms with van der Waals surface area (Å²) in [5, 5.41) is 19.7. The molecule has 0 rings (SSSR count). The summed E-state index contributed by atoms with van der Waals surface area (Å²) in [5.41, 5.74) is 0. The molecule has 7 nitrogen and oxygen atoms in total. The molecule has 16 heavy (non-hydrogen) atoms. The van der Waals surface area contributed by atoms with Crippen molar-refractivity contribution >= 4 is 11.9 Å². The lowest BCUT2D eigenvalue weighted by Gasteiger charge is -2.07. The quantitative estimate of drug-likeness (QED) is 0.424. The van der Waals surface area contributed by atoms with Gasteiger partial charge in [-0.05, 0) is 0 Å². The number of rotatable bonds is 9. The molecule has 0 spiro atoms. The molecule has 94 valence electrons. The molecule has 0 saturated heterocycles. The van der Waals surface area contributed by atoms with E-state index in [1.165, 1.54) is 7.11 Å². The van der Waals surface area contributed by atoms with Crippen LogP contribution in [0.15, 0.2) is 0 Å². The summed E-state index contributed by atoms with van der Waals surface area (Å²) >= 11 is 0. The fraction of sp³-hybridized carbons (Fsp3) is 0.778. The molecule has 0 fully saturated rings. The van der Waals surface area contributed by atoms with Crippen molar-refractivity contribution in [1.29, 1.82) is 0 Å². The highest BCUT2D eigenvalue weighted by atomic mass is 16.5. The van der Waals surface area contributed by atoms with Crippen LogP contribution in [0, 0.1) is 0 Å². The highest BCUT2D eigenvalue weighted by molar-refractivity contribution is 5.77. The van der Waals surface area contributed by atoms with Gasteiger partial charge in [-0.3, -0.25) is 4.79 Å². The zero-order valence-corrected chi connectivity index (χ0v) is 9.14. The van der Waals surface area contributed by atoms with Crippen molar-refractivity contribution in [2.45, 2.75) is 12.5 Å². The standard InChI is InChI=1S/C9H17NO6/c1-15-4-5-16-6-8(12)10-3-2-7(11)9(13)14/h7,11H,2-6H2,1H3,(H,10,12)(H,13,14). The molecule has 0 saturated carbocycles. The number of hydrogen-bond acceptors (Lipinski definition) is 5. The predicted molar refractivity (Wildman–Crippen MR) is 54.0 cm³/mol. The molecule has 7 heteroatoms. The van der Waals surface area contributed by atoms with Crippen LogP contribution < -0.4 is 5.32 Å². The molecule has 0 aliphatic carbocycles. The average Bonchev–Trinajstić information content (AvgIpc) is 2.24. The molecule has 0 aromatic carbocycles. The number of carboxylic acid groups (broad SMARTS) is 1. The summed E-state index contributed by atoms with van der Waals surface area (Å²) in [7, 11) is 1.52. The Morgan fingerprint density at radius 3 is 2.62 bits per heavy atom. The zero-order valence-electron chi connectivity index (χ0n) is 9.14. The number of carbonyl (C=O) groups is 2. The predicted octanol–water partition coefficient (Wildman–Crippen LogP) is -1.40. The Hall–Kier alpha value is -1.18. The third-order valence-corrected chi connectivity index (χ3v) is 1.69. The number of aliphatic hydroxyl groups is 1. The molecular formula is C9H17NO6. The third-order valence-electron chi connectivity index (χ3n) is 1.69. The first-order valence-corrected chi connectivity index (χ1v) is 4.82. The molecule has 3 N–H and O–H groups in total.